The number of halogens is 1. The minimum atomic E-state index is -0.113. The van der Waals surface area contributed by atoms with Crippen LogP contribution in [0.2, 0.25) is 5.02 Å². The number of hydrogen-bond donors (Lipinski definition) is 1. The van der Waals surface area contributed by atoms with E-state index < -0.39 is 0 Å². The summed E-state index contributed by atoms with van der Waals surface area (Å²) < 4.78 is 5.61. The number of thioether (sulfide) groups is 1. The Morgan fingerprint density at radius 3 is 2.39 bits per heavy atom. The molecule has 2 saturated heterocycles. The van der Waals surface area contributed by atoms with Crippen molar-refractivity contribution in [2.75, 3.05) is 25.5 Å². The molecular formula is C29H29ClN2O3S. The molecule has 3 aromatic rings. The van der Waals surface area contributed by atoms with Crippen molar-refractivity contribution >= 4 is 35.2 Å². The van der Waals surface area contributed by atoms with Crippen LogP contribution in [-0.2, 0) is 21.5 Å². The summed E-state index contributed by atoms with van der Waals surface area (Å²) in [6.45, 7) is 2.50. The van der Waals surface area contributed by atoms with Crippen LogP contribution in [0.25, 0.3) is 0 Å². The number of benzene rings is 3. The maximum Gasteiger partial charge on any atom is 0.251 e. The topological polar surface area (TPSA) is 58.6 Å². The van der Waals surface area contributed by atoms with Gasteiger partial charge < -0.3 is 15.0 Å². The van der Waals surface area contributed by atoms with Crippen molar-refractivity contribution in [2.45, 2.75) is 30.2 Å². The molecule has 2 heterocycles. The molecule has 0 aromatic heterocycles. The van der Waals surface area contributed by atoms with Crippen LogP contribution in [0.15, 0.2) is 78.9 Å². The zero-order chi connectivity index (χ0) is 25.0. The van der Waals surface area contributed by atoms with Crippen molar-refractivity contribution in [3.05, 3.63) is 106 Å². The van der Waals surface area contributed by atoms with Crippen LogP contribution < -0.4 is 5.32 Å². The predicted octanol–water partition coefficient (Wildman–Crippen LogP) is 5.59. The van der Waals surface area contributed by atoms with Gasteiger partial charge in [-0.2, -0.15) is 0 Å². The number of nitrogens with one attached hydrogen (secondary N) is 1. The summed E-state index contributed by atoms with van der Waals surface area (Å²) in [5, 5.41) is 3.78. The van der Waals surface area contributed by atoms with Crippen molar-refractivity contribution in [3.8, 4) is 0 Å². The van der Waals surface area contributed by atoms with E-state index in [9.17, 15) is 9.59 Å². The maximum absolute atomic E-state index is 13.1. The van der Waals surface area contributed by atoms with E-state index in [1.165, 1.54) is 5.56 Å². The second-order valence-corrected chi connectivity index (χ2v) is 10.9. The first-order valence-electron chi connectivity index (χ1n) is 12.2. The molecular weight excluding hydrogens is 492 g/mol. The highest BCUT2D eigenvalue weighted by Crippen LogP contribution is 2.40. The second-order valence-electron chi connectivity index (χ2n) is 9.37. The molecule has 7 heteroatoms. The summed E-state index contributed by atoms with van der Waals surface area (Å²) >= 11 is 7.62. The molecule has 0 bridgehead atoms. The van der Waals surface area contributed by atoms with Crippen LogP contribution in [0, 0.1) is 0 Å². The standard InChI is InChI=1S/C29H29ClN2O3S/c30-25-12-6-21(7-13-25)18-32-26(33)19-36-28(32)23-10-8-22(9-11-23)27(34)31-20-29(14-16-35-17-15-29)24-4-2-1-3-5-24/h1-13,28H,14-20H2,(H,31,34). The Kier molecular flexibility index (Phi) is 7.65. The quantitative estimate of drug-likeness (QED) is 0.441. The van der Waals surface area contributed by atoms with E-state index >= 15 is 0 Å². The molecule has 5 rings (SSSR count). The normalized spacial score (nSPS) is 19.3. The zero-order valence-corrected chi connectivity index (χ0v) is 21.6. The summed E-state index contributed by atoms with van der Waals surface area (Å²) in [6, 6.07) is 25.6. The highest BCUT2D eigenvalue weighted by Gasteiger charge is 2.35. The van der Waals surface area contributed by atoms with Gasteiger partial charge in [-0.1, -0.05) is 66.2 Å². The maximum atomic E-state index is 13.1. The molecule has 2 amide bonds. The number of carbonyl (C=O) groups is 2. The average molecular weight is 521 g/mol. The second kappa shape index (κ2) is 11.1. The molecule has 5 nitrogen and oxygen atoms in total. The molecule has 2 fully saturated rings. The van der Waals surface area contributed by atoms with Gasteiger partial charge in [0, 0.05) is 42.3 Å². The van der Waals surface area contributed by atoms with E-state index in [0.29, 0.717) is 42.6 Å². The van der Waals surface area contributed by atoms with Gasteiger partial charge in [0.05, 0.1) is 5.75 Å². The molecule has 1 atom stereocenters. The molecule has 0 radical (unpaired) electrons. The van der Waals surface area contributed by atoms with E-state index in [2.05, 4.69) is 29.6 Å². The van der Waals surface area contributed by atoms with Crippen molar-refractivity contribution < 1.29 is 14.3 Å². The fraction of sp³-hybridized carbons (Fsp3) is 0.310. The van der Waals surface area contributed by atoms with Gasteiger partial charge in [-0.05, 0) is 53.8 Å². The largest absolute Gasteiger partial charge is 0.381 e. The lowest BCUT2D eigenvalue weighted by Crippen LogP contribution is -2.44. The van der Waals surface area contributed by atoms with Crippen molar-refractivity contribution in [1.29, 1.82) is 0 Å². The molecule has 186 valence electrons. The van der Waals surface area contributed by atoms with Gasteiger partial charge >= 0.3 is 0 Å². The Bertz CT molecular complexity index is 1200. The van der Waals surface area contributed by atoms with Crippen LogP contribution in [0.3, 0.4) is 0 Å². The van der Waals surface area contributed by atoms with Gasteiger partial charge in [0.2, 0.25) is 5.91 Å². The molecule has 0 spiro atoms. The molecule has 0 saturated carbocycles. The smallest absolute Gasteiger partial charge is 0.251 e. The predicted molar refractivity (Wildman–Crippen MR) is 144 cm³/mol. The van der Waals surface area contributed by atoms with E-state index in [4.69, 9.17) is 16.3 Å². The number of hydrogen-bond acceptors (Lipinski definition) is 4. The first-order valence-corrected chi connectivity index (χ1v) is 13.6. The Hall–Kier alpha value is -2.80. The fourth-order valence-electron chi connectivity index (χ4n) is 4.96. The number of nitrogens with zero attached hydrogens (tertiary/aromatic N) is 1. The Labute approximate surface area is 221 Å². The van der Waals surface area contributed by atoms with E-state index in [1.807, 2.05) is 59.5 Å². The Balaban J connectivity index is 1.26. The van der Waals surface area contributed by atoms with Crippen LogP contribution in [0.1, 0.15) is 45.3 Å². The van der Waals surface area contributed by atoms with Crippen LogP contribution in [-0.4, -0.2) is 42.2 Å². The highest BCUT2D eigenvalue weighted by atomic mass is 35.5. The average Bonchev–Trinajstić information content (AvgIpc) is 3.29. The highest BCUT2D eigenvalue weighted by molar-refractivity contribution is 8.00. The summed E-state index contributed by atoms with van der Waals surface area (Å²) in [7, 11) is 0. The van der Waals surface area contributed by atoms with Crippen LogP contribution in [0.4, 0.5) is 0 Å². The first kappa shape index (κ1) is 24.9. The summed E-state index contributed by atoms with van der Waals surface area (Å²) in [6.07, 6.45) is 1.76. The molecule has 0 aliphatic carbocycles. The van der Waals surface area contributed by atoms with Gasteiger partial charge in [-0.25, -0.2) is 0 Å². The molecule has 3 aromatic carbocycles. The number of ether oxygens (including phenoxy) is 1. The Morgan fingerprint density at radius 2 is 1.69 bits per heavy atom. The minimum Gasteiger partial charge on any atom is -0.381 e. The SMILES string of the molecule is O=C(NCC1(c2ccccc2)CCOCC1)c1ccc(C2SCC(=O)N2Cc2ccc(Cl)cc2)cc1. The van der Waals surface area contributed by atoms with Crippen molar-refractivity contribution in [2.24, 2.45) is 0 Å². The molecule has 2 aliphatic rings. The summed E-state index contributed by atoms with van der Waals surface area (Å²) in [5.74, 6) is 0.479. The molecule has 1 unspecified atom stereocenters. The van der Waals surface area contributed by atoms with Gasteiger partial charge in [0.1, 0.15) is 5.37 Å². The van der Waals surface area contributed by atoms with E-state index in [1.54, 1.807) is 11.8 Å². The third kappa shape index (κ3) is 5.46. The first-order chi connectivity index (χ1) is 17.5. The third-order valence-electron chi connectivity index (χ3n) is 7.12. The fourth-order valence-corrected chi connectivity index (χ4v) is 6.27. The van der Waals surface area contributed by atoms with Gasteiger partial charge in [0.25, 0.3) is 5.91 Å². The monoisotopic (exact) mass is 520 g/mol. The zero-order valence-electron chi connectivity index (χ0n) is 20.0. The molecule has 36 heavy (non-hydrogen) atoms. The molecule has 1 N–H and O–H groups in total. The third-order valence-corrected chi connectivity index (χ3v) is 8.62. The molecule has 2 aliphatic heterocycles. The van der Waals surface area contributed by atoms with Crippen molar-refractivity contribution in [3.63, 3.8) is 0 Å². The lowest BCUT2D eigenvalue weighted by molar-refractivity contribution is -0.128. The lowest BCUT2D eigenvalue weighted by Gasteiger charge is -2.38. The van der Waals surface area contributed by atoms with Crippen molar-refractivity contribution in [1.82, 2.24) is 10.2 Å². The lowest BCUT2D eigenvalue weighted by atomic mass is 9.74. The van der Waals surface area contributed by atoms with Crippen LogP contribution in [0.5, 0.6) is 0 Å². The van der Waals surface area contributed by atoms with Gasteiger partial charge in [0.15, 0.2) is 0 Å². The van der Waals surface area contributed by atoms with Crippen LogP contribution >= 0.6 is 23.4 Å². The number of amides is 2. The Morgan fingerprint density at radius 1 is 1.00 bits per heavy atom. The summed E-state index contributed by atoms with van der Waals surface area (Å²) in [5.41, 5.74) is 3.80. The summed E-state index contributed by atoms with van der Waals surface area (Å²) in [4.78, 5) is 27.5. The van der Waals surface area contributed by atoms with E-state index in [0.717, 1.165) is 24.0 Å². The van der Waals surface area contributed by atoms with Gasteiger partial charge in [-0.15, -0.1) is 11.8 Å². The minimum absolute atomic E-state index is 0.0751. The van der Waals surface area contributed by atoms with E-state index in [-0.39, 0.29) is 22.6 Å². The number of carbonyl (C=O) groups excluding carboxylic acids is 2. The number of rotatable bonds is 7. The van der Waals surface area contributed by atoms with Gasteiger partial charge in [-0.3, -0.25) is 9.59 Å².